The predicted octanol–water partition coefficient (Wildman–Crippen LogP) is 4.16. The van der Waals surface area contributed by atoms with Gasteiger partial charge in [0.05, 0.1) is 10.8 Å². The van der Waals surface area contributed by atoms with Crippen LogP contribution < -0.4 is 4.90 Å². The highest BCUT2D eigenvalue weighted by Crippen LogP contribution is 2.30. The van der Waals surface area contributed by atoms with E-state index in [0.29, 0.717) is 11.0 Å². The zero-order valence-electron chi connectivity index (χ0n) is 9.09. The molecule has 0 aliphatic rings. The van der Waals surface area contributed by atoms with Gasteiger partial charge in [-0.1, -0.05) is 42.7 Å². The Morgan fingerprint density at radius 2 is 2.13 bits per heavy atom. The van der Waals surface area contributed by atoms with Crippen LogP contribution in [0.3, 0.4) is 0 Å². The second kappa shape index (κ2) is 6.56. The Bertz CT molecular complexity index is 302. The largest absolute Gasteiger partial charge is 0.351 e. The zero-order valence-corrected chi connectivity index (χ0v) is 11.4. The van der Waals surface area contributed by atoms with E-state index in [-0.39, 0.29) is 0 Å². The van der Waals surface area contributed by atoms with Crippen LogP contribution in [0.1, 0.15) is 31.1 Å². The van der Waals surface area contributed by atoms with Gasteiger partial charge in [-0.25, -0.2) is 4.98 Å². The molecular formula is C10H16Cl2N2S. The molecule has 1 aromatic rings. The van der Waals surface area contributed by atoms with Gasteiger partial charge in [0.15, 0.2) is 5.13 Å². The number of thiazole rings is 1. The molecule has 0 N–H and O–H groups in total. The molecule has 1 heterocycles. The van der Waals surface area contributed by atoms with E-state index in [2.05, 4.69) is 16.8 Å². The maximum atomic E-state index is 5.94. The SMILES string of the molecule is CCCCCN(C)c1nc(Cl)c(CCl)s1. The Labute approximate surface area is 105 Å². The van der Waals surface area contributed by atoms with Gasteiger partial charge < -0.3 is 4.90 Å². The van der Waals surface area contributed by atoms with Gasteiger partial charge >= 0.3 is 0 Å². The van der Waals surface area contributed by atoms with Gasteiger partial charge in [-0.15, -0.1) is 11.6 Å². The van der Waals surface area contributed by atoms with Crippen LogP contribution >= 0.6 is 34.5 Å². The van der Waals surface area contributed by atoms with Crippen molar-refractivity contribution >= 4 is 39.7 Å². The Kier molecular flexibility index (Phi) is 5.72. The predicted molar refractivity (Wildman–Crippen MR) is 69.5 cm³/mol. The van der Waals surface area contributed by atoms with Gasteiger partial charge in [-0.05, 0) is 6.42 Å². The van der Waals surface area contributed by atoms with Gasteiger partial charge in [0.25, 0.3) is 0 Å². The minimum absolute atomic E-state index is 0.444. The van der Waals surface area contributed by atoms with Gasteiger partial charge in [-0.3, -0.25) is 0 Å². The zero-order chi connectivity index (χ0) is 11.3. The summed E-state index contributed by atoms with van der Waals surface area (Å²) in [5.41, 5.74) is 0. The molecule has 15 heavy (non-hydrogen) atoms. The van der Waals surface area contributed by atoms with E-state index in [1.807, 2.05) is 7.05 Å². The topological polar surface area (TPSA) is 16.1 Å². The highest BCUT2D eigenvalue weighted by atomic mass is 35.5. The van der Waals surface area contributed by atoms with Crippen molar-refractivity contribution in [3.8, 4) is 0 Å². The van der Waals surface area contributed by atoms with Crippen LogP contribution in [0.4, 0.5) is 5.13 Å². The average molecular weight is 267 g/mol. The van der Waals surface area contributed by atoms with Crippen molar-refractivity contribution in [1.82, 2.24) is 4.98 Å². The van der Waals surface area contributed by atoms with E-state index < -0.39 is 0 Å². The van der Waals surface area contributed by atoms with Crippen molar-refractivity contribution < 1.29 is 0 Å². The molecule has 0 unspecified atom stereocenters. The lowest BCUT2D eigenvalue weighted by Gasteiger charge is -2.14. The summed E-state index contributed by atoms with van der Waals surface area (Å²) in [6.45, 7) is 3.23. The van der Waals surface area contributed by atoms with E-state index in [0.717, 1.165) is 16.6 Å². The first kappa shape index (κ1) is 13.1. The van der Waals surface area contributed by atoms with Gasteiger partial charge in [0, 0.05) is 13.6 Å². The minimum atomic E-state index is 0.444. The molecule has 1 aromatic heterocycles. The second-order valence-corrected chi connectivity index (χ2v) is 5.16. The lowest BCUT2D eigenvalue weighted by Crippen LogP contribution is -2.17. The fourth-order valence-corrected chi connectivity index (χ4v) is 2.72. The lowest BCUT2D eigenvalue weighted by atomic mass is 10.2. The molecule has 0 spiro atoms. The summed E-state index contributed by atoms with van der Waals surface area (Å²) in [6, 6.07) is 0. The highest BCUT2D eigenvalue weighted by molar-refractivity contribution is 7.16. The molecule has 0 saturated carbocycles. The van der Waals surface area contributed by atoms with Crippen molar-refractivity contribution in [2.45, 2.75) is 32.1 Å². The molecule has 86 valence electrons. The quantitative estimate of drug-likeness (QED) is 0.568. The molecule has 0 amide bonds. The first-order chi connectivity index (χ1) is 7.19. The molecule has 0 fully saturated rings. The van der Waals surface area contributed by atoms with Crippen LogP contribution in [0.15, 0.2) is 0 Å². The fourth-order valence-electron chi connectivity index (χ4n) is 1.26. The number of rotatable bonds is 6. The Balaban J connectivity index is 2.53. The molecule has 0 aliphatic heterocycles. The summed E-state index contributed by atoms with van der Waals surface area (Å²) in [5.74, 6) is 0.444. The van der Waals surface area contributed by atoms with Crippen molar-refractivity contribution in [2.75, 3.05) is 18.5 Å². The van der Waals surface area contributed by atoms with Gasteiger partial charge in [-0.2, -0.15) is 0 Å². The number of aromatic nitrogens is 1. The number of halogens is 2. The van der Waals surface area contributed by atoms with Crippen molar-refractivity contribution in [1.29, 1.82) is 0 Å². The van der Waals surface area contributed by atoms with E-state index in [9.17, 15) is 0 Å². The third kappa shape index (κ3) is 3.82. The molecule has 0 atom stereocenters. The van der Waals surface area contributed by atoms with Gasteiger partial charge in [0.2, 0.25) is 0 Å². The van der Waals surface area contributed by atoms with E-state index >= 15 is 0 Å². The molecule has 0 aromatic carbocycles. The maximum Gasteiger partial charge on any atom is 0.186 e. The van der Waals surface area contributed by atoms with Crippen molar-refractivity contribution in [3.05, 3.63) is 10.0 Å². The van der Waals surface area contributed by atoms with E-state index in [1.165, 1.54) is 19.3 Å². The third-order valence-electron chi connectivity index (χ3n) is 2.18. The minimum Gasteiger partial charge on any atom is -0.351 e. The number of nitrogens with zero attached hydrogens (tertiary/aromatic N) is 2. The Hall–Kier alpha value is 0.01000. The van der Waals surface area contributed by atoms with E-state index in [1.54, 1.807) is 11.3 Å². The van der Waals surface area contributed by atoms with Crippen LogP contribution in [0, 0.1) is 0 Å². The van der Waals surface area contributed by atoms with Gasteiger partial charge in [0.1, 0.15) is 5.15 Å². The van der Waals surface area contributed by atoms with Crippen LogP contribution in [-0.4, -0.2) is 18.6 Å². The molecular weight excluding hydrogens is 251 g/mol. The molecule has 1 rings (SSSR count). The summed E-state index contributed by atoms with van der Waals surface area (Å²) in [4.78, 5) is 7.38. The fraction of sp³-hybridized carbons (Fsp3) is 0.700. The molecule has 0 saturated heterocycles. The summed E-state index contributed by atoms with van der Waals surface area (Å²) < 4.78 is 0. The highest BCUT2D eigenvalue weighted by Gasteiger charge is 2.11. The third-order valence-corrected chi connectivity index (χ3v) is 4.20. The first-order valence-electron chi connectivity index (χ1n) is 5.11. The Morgan fingerprint density at radius 3 is 2.67 bits per heavy atom. The van der Waals surface area contributed by atoms with Crippen molar-refractivity contribution in [2.24, 2.45) is 0 Å². The number of anilines is 1. The normalized spacial score (nSPS) is 10.7. The molecule has 5 heteroatoms. The number of unbranched alkanes of at least 4 members (excludes halogenated alkanes) is 2. The Morgan fingerprint density at radius 1 is 1.40 bits per heavy atom. The van der Waals surface area contributed by atoms with E-state index in [4.69, 9.17) is 23.2 Å². The monoisotopic (exact) mass is 266 g/mol. The number of hydrogen-bond donors (Lipinski definition) is 0. The standard InChI is InChI=1S/C10H16Cl2N2S/c1-3-4-5-6-14(2)10-13-9(12)8(7-11)15-10/h3-7H2,1-2H3. The molecule has 0 bridgehead atoms. The average Bonchev–Trinajstić information content (AvgIpc) is 2.60. The van der Waals surface area contributed by atoms with Crippen molar-refractivity contribution in [3.63, 3.8) is 0 Å². The number of alkyl halides is 1. The summed E-state index contributed by atoms with van der Waals surface area (Å²) >= 11 is 13.3. The lowest BCUT2D eigenvalue weighted by molar-refractivity contribution is 0.704. The maximum absolute atomic E-state index is 5.94. The van der Waals surface area contributed by atoms with Crippen LogP contribution in [-0.2, 0) is 5.88 Å². The first-order valence-corrected chi connectivity index (χ1v) is 6.84. The molecule has 2 nitrogen and oxygen atoms in total. The van der Waals surface area contributed by atoms with Crippen LogP contribution in [0.2, 0.25) is 5.15 Å². The summed E-state index contributed by atoms with van der Waals surface area (Å²) in [7, 11) is 2.04. The van der Waals surface area contributed by atoms with Crippen LogP contribution in [0.5, 0.6) is 0 Å². The molecule has 0 radical (unpaired) electrons. The smallest absolute Gasteiger partial charge is 0.186 e. The summed E-state index contributed by atoms with van der Waals surface area (Å²) in [5, 5.41) is 1.51. The number of hydrogen-bond acceptors (Lipinski definition) is 3. The van der Waals surface area contributed by atoms with Crippen LogP contribution in [0.25, 0.3) is 0 Å². The molecule has 0 aliphatic carbocycles. The second-order valence-electron chi connectivity index (χ2n) is 3.47. The summed E-state index contributed by atoms with van der Waals surface area (Å²) in [6.07, 6.45) is 3.69.